The Labute approximate surface area is 159 Å². The summed E-state index contributed by atoms with van der Waals surface area (Å²) in [4.78, 5) is 50.8. The number of rotatable bonds is 1. The Morgan fingerprint density at radius 3 is 1.93 bits per heavy atom. The molecule has 5 nitrogen and oxygen atoms in total. The Morgan fingerprint density at radius 1 is 0.679 bits per heavy atom. The van der Waals surface area contributed by atoms with Crippen LogP contribution in [-0.4, -0.2) is 29.2 Å². The number of carbonyl (C=O) groups excluding carboxylic acids is 4. The largest absolute Gasteiger partial charge is 0.477 e. The molecule has 2 aromatic rings. The molecule has 3 aliphatic rings. The van der Waals surface area contributed by atoms with Gasteiger partial charge in [-0.15, -0.1) is 0 Å². The molecule has 5 heteroatoms. The predicted molar refractivity (Wildman–Crippen MR) is 99.3 cm³/mol. The molecule has 0 aromatic heterocycles. The number of hydrogen-bond donors (Lipinski definition) is 0. The number of allylic oxidation sites excluding steroid dienone is 4. The van der Waals surface area contributed by atoms with E-state index in [1.165, 1.54) is 18.2 Å². The fourth-order valence-corrected chi connectivity index (χ4v) is 3.70. The lowest BCUT2D eigenvalue weighted by Gasteiger charge is -2.28. The molecule has 0 saturated heterocycles. The summed E-state index contributed by atoms with van der Waals surface area (Å²) < 4.78 is 5.78. The second kappa shape index (κ2) is 5.82. The lowest BCUT2D eigenvalue weighted by Crippen LogP contribution is -2.32. The molecule has 28 heavy (non-hydrogen) atoms. The minimum Gasteiger partial charge on any atom is -0.477 e. The number of Topliss-reactive ketones (excluding diaryl/α,β-unsaturated/α-hetero) is 3. The molecule has 1 heterocycles. The number of carbonyl (C=O) groups is 4. The summed E-state index contributed by atoms with van der Waals surface area (Å²) in [5.41, 5.74) is 1.55. The topological polar surface area (TPSA) is 77.5 Å². The molecule has 0 bridgehead atoms. The van der Waals surface area contributed by atoms with Gasteiger partial charge in [0.25, 0.3) is 0 Å². The molecule has 2 aliphatic carbocycles. The Kier molecular flexibility index (Phi) is 3.39. The zero-order valence-electron chi connectivity index (χ0n) is 14.5. The minimum atomic E-state index is -0.912. The van der Waals surface area contributed by atoms with Gasteiger partial charge in [0, 0.05) is 27.8 Å². The number of hydrogen-bond acceptors (Lipinski definition) is 5. The highest BCUT2D eigenvalue weighted by Crippen LogP contribution is 2.34. The van der Waals surface area contributed by atoms with Crippen molar-refractivity contribution in [3.05, 3.63) is 106 Å². The number of ketones is 4. The first-order valence-corrected chi connectivity index (χ1v) is 8.73. The third-order valence-corrected chi connectivity index (χ3v) is 5.09. The molecule has 0 amide bonds. The van der Waals surface area contributed by atoms with Crippen LogP contribution in [0.2, 0.25) is 0 Å². The van der Waals surface area contributed by atoms with Gasteiger partial charge in [0.05, 0.1) is 5.57 Å². The van der Waals surface area contributed by atoms with Crippen LogP contribution in [0, 0.1) is 0 Å². The summed E-state index contributed by atoms with van der Waals surface area (Å²) >= 11 is 0. The number of fused-ring (bicyclic) bond motifs is 2. The molecule has 0 radical (unpaired) electrons. The molecule has 0 spiro atoms. The van der Waals surface area contributed by atoms with Gasteiger partial charge < -0.3 is 4.74 Å². The van der Waals surface area contributed by atoms with Gasteiger partial charge in [-0.25, -0.2) is 0 Å². The van der Waals surface area contributed by atoms with E-state index in [4.69, 9.17) is 4.74 Å². The van der Waals surface area contributed by atoms with Crippen molar-refractivity contribution in [1.82, 2.24) is 0 Å². The van der Waals surface area contributed by atoms with Crippen molar-refractivity contribution in [1.29, 1.82) is 0 Å². The van der Waals surface area contributed by atoms with Crippen molar-refractivity contribution in [2.45, 2.75) is 6.10 Å². The highest BCUT2D eigenvalue weighted by molar-refractivity contribution is 6.28. The average molecular weight is 368 g/mol. The van der Waals surface area contributed by atoms with Crippen LogP contribution >= 0.6 is 0 Å². The first kappa shape index (κ1) is 16.3. The van der Waals surface area contributed by atoms with E-state index in [2.05, 4.69) is 0 Å². The molecular formula is C23H12O5. The van der Waals surface area contributed by atoms with Gasteiger partial charge in [-0.05, 0) is 18.2 Å². The smallest absolute Gasteiger partial charge is 0.229 e. The summed E-state index contributed by atoms with van der Waals surface area (Å²) in [5.74, 6) is -1.42. The number of ether oxygens (including phenoxy) is 1. The fourth-order valence-electron chi connectivity index (χ4n) is 3.70. The normalized spacial score (nSPS) is 20.3. The Balaban J connectivity index is 1.53. The van der Waals surface area contributed by atoms with Crippen LogP contribution in [0.15, 0.2) is 83.7 Å². The second-order valence-corrected chi connectivity index (χ2v) is 6.68. The van der Waals surface area contributed by atoms with Gasteiger partial charge in [0.2, 0.25) is 5.78 Å². The van der Waals surface area contributed by atoms with E-state index in [0.717, 1.165) is 0 Å². The van der Waals surface area contributed by atoms with Crippen LogP contribution in [-0.2, 0) is 4.74 Å². The summed E-state index contributed by atoms with van der Waals surface area (Å²) in [6, 6.07) is 13.1. The predicted octanol–water partition coefficient (Wildman–Crippen LogP) is 3.28. The van der Waals surface area contributed by atoms with Crippen LogP contribution < -0.4 is 0 Å². The molecule has 5 rings (SSSR count). The zero-order chi connectivity index (χ0) is 19.4. The molecule has 0 saturated carbocycles. The minimum absolute atomic E-state index is 0.0868. The molecule has 1 unspecified atom stereocenters. The first-order valence-electron chi connectivity index (χ1n) is 8.73. The van der Waals surface area contributed by atoms with Crippen LogP contribution in [0.5, 0.6) is 0 Å². The van der Waals surface area contributed by atoms with Crippen molar-refractivity contribution >= 4 is 23.1 Å². The van der Waals surface area contributed by atoms with Gasteiger partial charge in [0.15, 0.2) is 23.1 Å². The SMILES string of the molecule is O=C1C=C(C2C=CC3=C(O2)C(=O)c2ccccc2C3=O)C(=O)c2ccccc21. The molecule has 2 aromatic carbocycles. The third-order valence-electron chi connectivity index (χ3n) is 5.09. The van der Waals surface area contributed by atoms with E-state index in [-0.39, 0.29) is 39.8 Å². The van der Waals surface area contributed by atoms with Gasteiger partial charge in [-0.2, -0.15) is 0 Å². The Hall–Kier alpha value is -3.86. The average Bonchev–Trinajstić information content (AvgIpc) is 2.74. The van der Waals surface area contributed by atoms with Gasteiger partial charge in [0.1, 0.15) is 6.10 Å². The lowest BCUT2D eigenvalue weighted by atomic mass is 9.84. The van der Waals surface area contributed by atoms with Crippen molar-refractivity contribution in [2.24, 2.45) is 0 Å². The maximum absolute atomic E-state index is 12.9. The fraction of sp³-hybridized carbons (Fsp3) is 0.0435. The molecule has 1 atom stereocenters. The molecule has 0 fully saturated rings. The van der Waals surface area contributed by atoms with Crippen LogP contribution in [0.1, 0.15) is 41.4 Å². The van der Waals surface area contributed by atoms with E-state index in [1.807, 2.05) is 0 Å². The van der Waals surface area contributed by atoms with E-state index >= 15 is 0 Å². The quantitative estimate of drug-likeness (QED) is 0.772. The third kappa shape index (κ3) is 2.19. The van der Waals surface area contributed by atoms with Crippen LogP contribution in [0.4, 0.5) is 0 Å². The standard InChI is InChI=1S/C23H12O5/c24-18-11-17(21(26)13-6-2-1-5-12(13)18)19-10-9-16-20(25)14-7-3-4-8-15(14)22(27)23(16)28-19/h1-11,19H. The maximum atomic E-state index is 12.9. The first-order chi connectivity index (χ1) is 13.6. The molecule has 0 N–H and O–H groups in total. The van der Waals surface area contributed by atoms with E-state index < -0.39 is 11.9 Å². The van der Waals surface area contributed by atoms with Crippen molar-refractivity contribution < 1.29 is 23.9 Å². The number of benzene rings is 2. The van der Waals surface area contributed by atoms with Crippen molar-refractivity contribution in [2.75, 3.05) is 0 Å². The van der Waals surface area contributed by atoms with Crippen molar-refractivity contribution in [3.8, 4) is 0 Å². The Bertz CT molecular complexity index is 1210. The van der Waals surface area contributed by atoms with Crippen LogP contribution in [0.3, 0.4) is 0 Å². The maximum Gasteiger partial charge on any atom is 0.229 e. The lowest BCUT2D eigenvalue weighted by molar-refractivity contribution is 0.0809. The Morgan fingerprint density at radius 2 is 1.25 bits per heavy atom. The van der Waals surface area contributed by atoms with Crippen molar-refractivity contribution in [3.63, 3.8) is 0 Å². The molecule has 1 aliphatic heterocycles. The van der Waals surface area contributed by atoms with Gasteiger partial charge in [-0.3, -0.25) is 19.2 Å². The summed E-state index contributed by atoms with van der Waals surface area (Å²) in [7, 11) is 0. The van der Waals surface area contributed by atoms with Gasteiger partial charge in [-0.1, -0.05) is 48.5 Å². The summed E-state index contributed by atoms with van der Waals surface area (Å²) in [6.07, 6.45) is 3.36. The zero-order valence-corrected chi connectivity index (χ0v) is 14.5. The van der Waals surface area contributed by atoms with E-state index in [9.17, 15) is 19.2 Å². The van der Waals surface area contributed by atoms with E-state index in [1.54, 1.807) is 48.5 Å². The summed E-state index contributed by atoms with van der Waals surface area (Å²) in [5, 5.41) is 0. The summed E-state index contributed by atoms with van der Waals surface area (Å²) in [6.45, 7) is 0. The van der Waals surface area contributed by atoms with Crippen LogP contribution in [0.25, 0.3) is 0 Å². The van der Waals surface area contributed by atoms with Gasteiger partial charge >= 0.3 is 0 Å². The second-order valence-electron chi connectivity index (χ2n) is 6.68. The molecular weight excluding hydrogens is 356 g/mol. The molecule has 134 valence electrons. The highest BCUT2D eigenvalue weighted by Gasteiger charge is 2.38. The highest BCUT2D eigenvalue weighted by atomic mass is 16.5. The van der Waals surface area contributed by atoms with E-state index in [0.29, 0.717) is 16.7 Å². The monoisotopic (exact) mass is 368 g/mol.